The summed E-state index contributed by atoms with van der Waals surface area (Å²) in [5, 5.41) is 33.3. The van der Waals surface area contributed by atoms with E-state index in [-0.39, 0.29) is 22.6 Å². The number of aryl methyl sites for hydroxylation is 2. The van der Waals surface area contributed by atoms with E-state index in [9.17, 15) is 53.7 Å². The molecule has 54 heavy (non-hydrogen) atoms. The second kappa shape index (κ2) is 16.0. The number of nitro benzene ring substituents is 1. The number of hydrogen-bond donors (Lipinski definition) is 4. The number of esters is 2. The van der Waals surface area contributed by atoms with Crippen LogP contribution in [0.2, 0.25) is 0 Å². The maximum absolute atomic E-state index is 14.3. The fourth-order valence-electron chi connectivity index (χ4n) is 5.57. The standard InChI is InChI=1S/C30H34N5O18P/c1-13-9-33(29(42)31-25(13)40)27-21(38)23(49-15(3)36)19(51-27)11-47-54(46,53-18-7-5-17(6-8-18)35(44)45)48-12-20-24(50-16(4)37)22(39)28(52-20)34-10-14(2)26(41)32-30(34)43/h5-10,19-24,27-28,38-39H,11-12H2,1-4H3,(H,31,40,42)(H,32,41,43). The van der Waals surface area contributed by atoms with E-state index in [1.165, 1.54) is 13.8 Å². The first-order valence-corrected chi connectivity index (χ1v) is 17.3. The van der Waals surface area contributed by atoms with E-state index < -0.39 is 109 Å². The van der Waals surface area contributed by atoms with Crippen LogP contribution in [-0.4, -0.2) is 96.0 Å². The molecule has 1 aromatic carbocycles. The smallest absolute Gasteiger partial charge is 0.457 e. The summed E-state index contributed by atoms with van der Waals surface area (Å²) in [6.07, 6.45) is -10.5. The Bertz CT molecular complexity index is 2080. The molecule has 0 bridgehead atoms. The minimum absolute atomic E-state index is 0.0673. The van der Waals surface area contributed by atoms with Crippen LogP contribution in [0.25, 0.3) is 0 Å². The number of phosphoric acid groups is 1. The number of carbonyl (C=O) groups is 2. The van der Waals surface area contributed by atoms with Gasteiger partial charge in [0.2, 0.25) is 0 Å². The van der Waals surface area contributed by atoms with Crippen molar-refractivity contribution in [3.63, 3.8) is 0 Å². The van der Waals surface area contributed by atoms with E-state index in [0.717, 1.165) is 59.6 Å². The van der Waals surface area contributed by atoms with Gasteiger partial charge in [-0.15, -0.1) is 0 Å². The van der Waals surface area contributed by atoms with Gasteiger partial charge in [0.15, 0.2) is 24.7 Å². The van der Waals surface area contributed by atoms with Crippen LogP contribution < -0.4 is 27.0 Å². The molecule has 4 N–H and O–H groups in total. The lowest BCUT2D eigenvalue weighted by atomic mass is 10.1. The number of nitrogens with one attached hydrogen (secondary N) is 2. The van der Waals surface area contributed by atoms with Crippen LogP contribution >= 0.6 is 7.82 Å². The highest BCUT2D eigenvalue weighted by molar-refractivity contribution is 7.48. The molecule has 4 heterocycles. The lowest BCUT2D eigenvalue weighted by Gasteiger charge is -2.25. The molecule has 0 saturated carbocycles. The first-order chi connectivity index (χ1) is 25.4. The number of phosphoric ester groups is 1. The SMILES string of the molecule is CC(=O)OC1C(COP(=O)(OCC2OC(n3cc(C)c(=O)[nH]c3=O)C(O)C2OC(C)=O)Oc2ccc([N+](=O)[O-])cc2)OC(n2cc(C)c(=O)[nH]c2=O)C1O. The van der Waals surface area contributed by atoms with Gasteiger partial charge in [-0.05, 0) is 26.0 Å². The molecule has 24 heteroatoms. The predicted molar refractivity (Wildman–Crippen MR) is 176 cm³/mol. The fraction of sp³-hybridized carbons (Fsp3) is 0.467. The Morgan fingerprint density at radius 3 is 1.59 bits per heavy atom. The quantitative estimate of drug-likeness (QED) is 0.0714. The van der Waals surface area contributed by atoms with Gasteiger partial charge >= 0.3 is 31.1 Å². The Hall–Kier alpha value is -5.29. The largest absolute Gasteiger partial charge is 0.530 e. The maximum Gasteiger partial charge on any atom is 0.530 e. The van der Waals surface area contributed by atoms with Crippen molar-refractivity contribution in [2.24, 2.45) is 0 Å². The zero-order valence-corrected chi connectivity index (χ0v) is 29.6. The molecule has 2 fully saturated rings. The number of aliphatic hydroxyl groups excluding tert-OH is 2. The van der Waals surface area contributed by atoms with Crippen molar-refractivity contribution in [1.82, 2.24) is 19.1 Å². The zero-order chi connectivity index (χ0) is 39.6. The molecule has 2 saturated heterocycles. The molecule has 3 aromatic rings. The third-order valence-electron chi connectivity index (χ3n) is 8.12. The van der Waals surface area contributed by atoms with Crippen molar-refractivity contribution >= 4 is 25.4 Å². The number of nitro groups is 1. The number of carbonyl (C=O) groups excluding carboxylic acids is 2. The van der Waals surface area contributed by atoms with Crippen LogP contribution in [0, 0.1) is 24.0 Å². The first-order valence-electron chi connectivity index (χ1n) is 15.9. The van der Waals surface area contributed by atoms with Gasteiger partial charge in [0.05, 0.1) is 18.1 Å². The lowest BCUT2D eigenvalue weighted by molar-refractivity contribution is -0.384. The average molecular weight is 784 g/mol. The minimum Gasteiger partial charge on any atom is -0.457 e. The van der Waals surface area contributed by atoms with Crippen molar-refractivity contribution in [3.8, 4) is 5.75 Å². The predicted octanol–water partition coefficient (Wildman–Crippen LogP) is -0.788. The van der Waals surface area contributed by atoms with Crippen LogP contribution in [0.15, 0.2) is 55.8 Å². The molecule has 8 unspecified atom stereocenters. The van der Waals surface area contributed by atoms with Crippen LogP contribution in [0.3, 0.4) is 0 Å². The third kappa shape index (κ3) is 8.73. The highest BCUT2D eigenvalue weighted by Crippen LogP contribution is 2.51. The Morgan fingerprint density at radius 1 is 0.815 bits per heavy atom. The third-order valence-corrected chi connectivity index (χ3v) is 9.49. The number of aromatic nitrogens is 4. The molecule has 2 aliphatic heterocycles. The van der Waals surface area contributed by atoms with E-state index in [1.54, 1.807) is 0 Å². The molecule has 5 rings (SSSR count). The summed E-state index contributed by atoms with van der Waals surface area (Å²) in [5.41, 5.74) is -3.59. The van der Waals surface area contributed by atoms with Crippen molar-refractivity contribution in [1.29, 1.82) is 0 Å². The Kier molecular flexibility index (Phi) is 11.8. The maximum atomic E-state index is 14.3. The van der Waals surface area contributed by atoms with Crippen LogP contribution in [-0.2, 0) is 42.1 Å². The van der Waals surface area contributed by atoms with Crippen molar-refractivity contribution in [3.05, 3.63) is 99.6 Å². The van der Waals surface area contributed by atoms with Gasteiger partial charge < -0.3 is 33.7 Å². The first kappa shape index (κ1) is 39.9. The van der Waals surface area contributed by atoms with E-state index in [4.69, 9.17) is 32.5 Å². The molecule has 292 valence electrons. The molecule has 0 radical (unpaired) electrons. The van der Waals surface area contributed by atoms with Gasteiger partial charge in [-0.2, -0.15) is 0 Å². The van der Waals surface area contributed by atoms with Gasteiger partial charge in [-0.25, -0.2) is 14.2 Å². The number of rotatable bonds is 13. The number of ether oxygens (including phenoxy) is 4. The van der Waals surface area contributed by atoms with Gasteiger partial charge in [-0.1, -0.05) is 0 Å². The van der Waals surface area contributed by atoms with Crippen molar-refractivity contribution in [2.75, 3.05) is 13.2 Å². The summed E-state index contributed by atoms with van der Waals surface area (Å²) >= 11 is 0. The summed E-state index contributed by atoms with van der Waals surface area (Å²) in [6, 6.07) is 4.16. The summed E-state index contributed by atoms with van der Waals surface area (Å²) < 4.78 is 54.6. The second-order valence-corrected chi connectivity index (χ2v) is 13.7. The zero-order valence-electron chi connectivity index (χ0n) is 28.7. The van der Waals surface area contributed by atoms with Gasteiger partial charge in [0, 0.05) is 49.5 Å². The van der Waals surface area contributed by atoms with Gasteiger partial charge in [0.25, 0.3) is 16.8 Å². The molecule has 0 aliphatic carbocycles. The molecule has 23 nitrogen and oxygen atoms in total. The minimum atomic E-state index is -4.98. The summed E-state index contributed by atoms with van der Waals surface area (Å²) in [6.45, 7) is 3.11. The highest BCUT2D eigenvalue weighted by Gasteiger charge is 2.51. The van der Waals surface area contributed by atoms with Gasteiger partial charge in [0.1, 0.15) is 30.2 Å². The number of H-pyrrole nitrogens is 2. The topological polar surface area (TPSA) is 309 Å². The molecule has 0 spiro atoms. The second-order valence-electron chi connectivity index (χ2n) is 12.1. The van der Waals surface area contributed by atoms with E-state index in [0.29, 0.717) is 0 Å². The van der Waals surface area contributed by atoms with Crippen molar-refractivity contribution < 1.29 is 61.8 Å². The molecule has 2 aliphatic rings. The summed E-state index contributed by atoms with van der Waals surface area (Å²) in [4.78, 5) is 87.6. The molecule has 0 amide bonds. The number of benzene rings is 1. The van der Waals surface area contributed by atoms with Crippen LogP contribution in [0.4, 0.5) is 5.69 Å². The van der Waals surface area contributed by atoms with E-state index >= 15 is 0 Å². The Morgan fingerprint density at radius 2 is 1.22 bits per heavy atom. The van der Waals surface area contributed by atoms with Gasteiger partial charge in [-0.3, -0.25) is 57.4 Å². The molecular weight excluding hydrogens is 749 g/mol. The Labute approximate surface area is 301 Å². The number of aliphatic hydroxyl groups is 2. The average Bonchev–Trinajstić information content (AvgIpc) is 3.56. The monoisotopic (exact) mass is 783 g/mol. The summed E-state index contributed by atoms with van der Waals surface area (Å²) in [7, 11) is -4.98. The molecule has 8 atom stereocenters. The van der Waals surface area contributed by atoms with E-state index in [2.05, 4.69) is 9.97 Å². The van der Waals surface area contributed by atoms with E-state index in [1.807, 2.05) is 0 Å². The Balaban J connectivity index is 1.43. The molecule has 2 aromatic heterocycles. The van der Waals surface area contributed by atoms with Crippen LogP contribution in [0.1, 0.15) is 37.4 Å². The number of nitrogens with zero attached hydrogens (tertiary/aromatic N) is 3. The molecular formula is C30H34N5O18P. The fourth-order valence-corrected chi connectivity index (χ4v) is 6.79. The van der Waals surface area contributed by atoms with Crippen LogP contribution in [0.5, 0.6) is 5.75 Å². The summed E-state index contributed by atoms with van der Waals surface area (Å²) in [5.74, 6) is -2.06. The normalized spacial score (nSPS) is 26.2. The number of hydrogen-bond acceptors (Lipinski definition) is 18. The number of non-ortho nitro benzene ring substituents is 1. The highest BCUT2D eigenvalue weighted by atomic mass is 31.2. The lowest BCUT2D eigenvalue weighted by Crippen LogP contribution is -2.40. The van der Waals surface area contributed by atoms with Crippen molar-refractivity contribution in [2.45, 2.75) is 76.8 Å². The number of aromatic amines is 2.